The van der Waals surface area contributed by atoms with Crippen LogP contribution in [0.5, 0.6) is 0 Å². The van der Waals surface area contributed by atoms with E-state index in [1.165, 1.54) is 38.8 Å². The minimum absolute atomic E-state index is 0. The average molecular weight is 144 g/mol. The zero-order valence-electron chi connectivity index (χ0n) is 6.40. The first-order chi connectivity index (χ1) is 4.97. The van der Waals surface area contributed by atoms with E-state index < -0.39 is 0 Å². The zero-order chi connectivity index (χ0) is 6.81. The number of nitrogens with one attached hydrogen (secondary N) is 2. The fourth-order valence-corrected chi connectivity index (χ4v) is 2.09. The van der Waals surface area contributed by atoms with Gasteiger partial charge in [0, 0.05) is 14.9 Å². The largest absolute Gasteiger partial charge is 0.312 e. The van der Waals surface area contributed by atoms with Crippen molar-refractivity contribution in [1.82, 2.24) is 10.6 Å². The maximum atomic E-state index is 3.58. The Morgan fingerprint density at radius 2 is 1.70 bits per heavy atom. The Labute approximate surface area is 65.4 Å². The van der Waals surface area contributed by atoms with Gasteiger partial charge in [0.15, 0.2) is 0 Å². The molecular weight excluding hydrogens is 124 g/mol. The summed E-state index contributed by atoms with van der Waals surface area (Å²) in [4.78, 5) is 0. The Morgan fingerprint density at radius 1 is 0.900 bits per heavy atom. The average Bonchev–Trinajstić information content (AvgIpc) is 2.28. The molecule has 10 heavy (non-hydrogen) atoms. The monoisotopic (exact) mass is 144 g/mol. The molecule has 62 valence electrons. The summed E-state index contributed by atoms with van der Waals surface area (Å²) in [5, 5.41) is 7.12. The topological polar surface area (TPSA) is 24.1 Å². The Balaban J connectivity index is 0.000000605. The molecule has 0 spiro atoms. The lowest BCUT2D eigenvalue weighted by Crippen LogP contribution is -2.38. The van der Waals surface area contributed by atoms with Gasteiger partial charge in [0.05, 0.1) is 0 Å². The molecule has 0 aliphatic carbocycles. The first-order valence-electron chi connectivity index (χ1n) is 4.43. The highest BCUT2D eigenvalue weighted by molar-refractivity contribution is 4.90. The van der Waals surface area contributed by atoms with Gasteiger partial charge in [0.2, 0.25) is 0 Å². The highest BCUT2D eigenvalue weighted by Crippen LogP contribution is 2.16. The summed E-state index contributed by atoms with van der Waals surface area (Å²) >= 11 is 0. The molecule has 2 aliphatic rings. The van der Waals surface area contributed by atoms with E-state index in [1.807, 2.05) is 0 Å². The lowest BCUT2D eigenvalue weighted by molar-refractivity contribution is 0.470. The fourth-order valence-electron chi connectivity index (χ4n) is 2.09. The molecule has 0 unspecified atom stereocenters. The van der Waals surface area contributed by atoms with E-state index in [9.17, 15) is 0 Å². The van der Waals surface area contributed by atoms with Crippen LogP contribution in [0.4, 0.5) is 0 Å². The van der Waals surface area contributed by atoms with Gasteiger partial charge in [-0.2, -0.15) is 0 Å². The van der Waals surface area contributed by atoms with E-state index in [2.05, 4.69) is 10.6 Å². The summed E-state index contributed by atoms with van der Waals surface area (Å²) < 4.78 is 0. The lowest BCUT2D eigenvalue weighted by atomic mass is 10.1. The van der Waals surface area contributed by atoms with Crippen molar-refractivity contribution in [2.45, 2.75) is 37.8 Å². The Kier molecular flexibility index (Phi) is 1.91. The van der Waals surface area contributed by atoms with Gasteiger partial charge in [-0.1, -0.05) is 6.42 Å². The normalized spacial score (nSPS) is 40.8. The molecule has 0 aromatic heterocycles. The second-order valence-electron chi connectivity index (χ2n) is 3.41. The maximum Gasteiger partial charge on any atom is 0.0233 e. The molecule has 0 radical (unpaired) electrons. The van der Waals surface area contributed by atoms with Gasteiger partial charge in [-0.15, -0.1) is 0 Å². The first-order valence-corrected chi connectivity index (χ1v) is 4.43. The van der Waals surface area contributed by atoms with E-state index in [4.69, 9.17) is 0 Å². The molecule has 2 heteroatoms. The summed E-state index contributed by atoms with van der Waals surface area (Å²) in [6, 6.07) is 1.59. The second kappa shape index (κ2) is 2.89. The van der Waals surface area contributed by atoms with E-state index in [0.717, 1.165) is 12.1 Å². The van der Waals surface area contributed by atoms with Crippen LogP contribution in [0.2, 0.25) is 0 Å². The summed E-state index contributed by atoms with van der Waals surface area (Å²) in [6.07, 6.45) is 5.50. The molecule has 0 saturated carbocycles. The van der Waals surface area contributed by atoms with Crippen LogP contribution in [0.1, 0.15) is 28.5 Å². The molecule has 0 amide bonds. The third kappa shape index (κ3) is 1.18. The molecule has 2 rings (SSSR count). The van der Waals surface area contributed by atoms with Crippen LogP contribution in [-0.4, -0.2) is 25.2 Å². The van der Waals surface area contributed by atoms with E-state index in [1.54, 1.807) is 0 Å². The highest BCUT2D eigenvalue weighted by Gasteiger charge is 2.26. The van der Waals surface area contributed by atoms with Gasteiger partial charge in [0.1, 0.15) is 0 Å². The number of fused-ring (bicyclic) bond motifs is 1. The van der Waals surface area contributed by atoms with Gasteiger partial charge >= 0.3 is 0 Å². The van der Waals surface area contributed by atoms with Gasteiger partial charge < -0.3 is 10.6 Å². The third-order valence-electron chi connectivity index (χ3n) is 2.70. The van der Waals surface area contributed by atoms with Crippen LogP contribution >= 0.6 is 0 Å². The van der Waals surface area contributed by atoms with Gasteiger partial charge in [0.25, 0.3) is 0 Å². The number of rotatable bonds is 0. The van der Waals surface area contributed by atoms with E-state index >= 15 is 0 Å². The molecule has 2 fully saturated rings. The van der Waals surface area contributed by atoms with Crippen molar-refractivity contribution >= 4 is 0 Å². The van der Waals surface area contributed by atoms with E-state index in [-0.39, 0.29) is 2.85 Å². The molecule has 2 atom stereocenters. The molecule has 0 aromatic carbocycles. The predicted molar refractivity (Wildman–Crippen MR) is 46.3 cm³/mol. The predicted octanol–water partition coefficient (Wildman–Crippen LogP) is 0.982. The minimum Gasteiger partial charge on any atom is -0.312 e. The van der Waals surface area contributed by atoms with Crippen molar-refractivity contribution in [2.24, 2.45) is 0 Å². The summed E-state index contributed by atoms with van der Waals surface area (Å²) in [5.41, 5.74) is 0. The van der Waals surface area contributed by atoms with Crippen LogP contribution in [-0.2, 0) is 0 Å². The Morgan fingerprint density at radius 3 is 2.70 bits per heavy atom. The van der Waals surface area contributed by atoms with Crippen molar-refractivity contribution in [3.05, 3.63) is 0 Å². The van der Waals surface area contributed by atoms with Crippen molar-refractivity contribution < 1.29 is 2.85 Å². The highest BCUT2D eigenvalue weighted by atomic mass is 15.1. The fraction of sp³-hybridized carbons (Fsp3) is 1.00. The van der Waals surface area contributed by atoms with Crippen molar-refractivity contribution in [1.29, 1.82) is 0 Å². The van der Waals surface area contributed by atoms with Gasteiger partial charge in [-0.3, -0.25) is 0 Å². The van der Waals surface area contributed by atoms with Crippen LogP contribution in [0.25, 0.3) is 0 Å². The molecule has 2 nitrogen and oxygen atoms in total. The number of hydrogen-bond acceptors (Lipinski definition) is 2. The molecule has 0 bridgehead atoms. The minimum atomic E-state index is 0. The van der Waals surface area contributed by atoms with Crippen LogP contribution < -0.4 is 10.6 Å². The molecule has 2 aliphatic heterocycles. The molecule has 2 heterocycles. The first kappa shape index (κ1) is 6.62. The maximum absolute atomic E-state index is 3.58. The van der Waals surface area contributed by atoms with Crippen molar-refractivity contribution in [3.8, 4) is 0 Å². The van der Waals surface area contributed by atoms with Gasteiger partial charge in [-0.05, 0) is 32.4 Å². The second-order valence-corrected chi connectivity index (χ2v) is 3.41. The Bertz CT molecular complexity index is 110. The summed E-state index contributed by atoms with van der Waals surface area (Å²) in [5.74, 6) is 0. The molecular formula is C8H20N2. The number of hydrogen-bond donors (Lipinski definition) is 2. The molecule has 2 N–H and O–H groups in total. The van der Waals surface area contributed by atoms with Crippen molar-refractivity contribution in [3.63, 3.8) is 0 Å². The standard InChI is InChI=1S/C8H16N2.2H2/c1-2-5-9-8-4-6-10-7(8)3-1;;/h7-10H,1-6H2;2*1H/t7-,8+;;/m0../s1. The van der Waals surface area contributed by atoms with Crippen molar-refractivity contribution in [2.75, 3.05) is 13.1 Å². The third-order valence-corrected chi connectivity index (χ3v) is 2.70. The van der Waals surface area contributed by atoms with Gasteiger partial charge in [-0.25, -0.2) is 0 Å². The molecule has 0 aromatic rings. The van der Waals surface area contributed by atoms with Crippen LogP contribution in [0.3, 0.4) is 0 Å². The van der Waals surface area contributed by atoms with Crippen LogP contribution in [0, 0.1) is 0 Å². The quantitative estimate of drug-likeness (QED) is 0.529. The Hall–Kier alpha value is -0.0800. The lowest BCUT2D eigenvalue weighted by Gasteiger charge is -2.15. The SMILES string of the molecule is C1CC[C@@H]2NCC[C@H]2NC1.[HH].[HH]. The smallest absolute Gasteiger partial charge is 0.0233 e. The summed E-state index contributed by atoms with van der Waals surface area (Å²) in [7, 11) is 0. The zero-order valence-corrected chi connectivity index (χ0v) is 6.40. The molecule has 2 saturated heterocycles. The van der Waals surface area contributed by atoms with Crippen LogP contribution in [0.15, 0.2) is 0 Å². The van der Waals surface area contributed by atoms with E-state index in [0.29, 0.717) is 0 Å². The summed E-state index contributed by atoms with van der Waals surface area (Å²) in [6.45, 7) is 2.46.